The maximum atomic E-state index is 12.9. The van der Waals surface area contributed by atoms with Crippen molar-refractivity contribution in [2.75, 3.05) is 19.8 Å². The van der Waals surface area contributed by atoms with Crippen LogP contribution < -0.4 is 14.2 Å². The van der Waals surface area contributed by atoms with Crippen LogP contribution in [0, 0.1) is 0 Å². The summed E-state index contributed by atoms with van der Waals surface area (Å²) in [6, 6.07) is 10.9. The number of esters is 1. The van der Waals surface area contributed by atoms with E-state index in [9.17, 15) is 40.2 Å². The molecule has 3 heterocycles. The van der Waals surface area contributed by atoms with Crippen molar-refractivity contribution in [1.29, 1.82) is 0 Å². The molecule has 6 N–H and O–H groups in total. The maximum Gasteiger partial charge on any atom is 0.303 e. The molecule has 0 unspecified atom stereocenters. The monoisotopic (exact) mass is 592 g/mol. The van der Waals surface area contributed by atoms with Crippen LogP contribution in [0.1, 0.15) is 35.4 Å². The number of benzene rings is 2. The first-order chi connectivity index (χ1) is 20.0. The summed E-state index contributed by atoms with van der Waals surface area (Å²) in [7, 11) is 0. The van der Waals surface area contributed by atoms with E-state index in [1.165, 1.54) is 18.2 Å². The minimum absolute atomic E-state index is 0.0476. The third kappa shape index (κ3) is 5.80. The van der Waals surface area contributed by atoms with Gasteiger partial charge in [0.05, 0.1) is 31.8 Å². The summed E-state index contributed by atoms with van der Waals surface area (Å²) >= 11 is 0. The molecular weight excluding hydrogens is 560 g/mol. The van der Waals surface area contributed by atoms with Crippen molar-refractivity contribution in [3.63, 3.8) is 0 Å². The van der Waals surface area contributed by atoms with E-state index in [4.69, 9.17) is 28.4 Å². The largest absolute Gasteiger partial charge is 0.484 e. The van der Waals surface area contributed by atoms with Gasteiger partial charge in [-0.1, -0.05) is 12.1 Å². The van der Waals surface area contributed by atoms with Gasteiger partial charge in [0.25, 0.3) is 0 Å². The average Bonchev–Trinajstić information content (AvgIpc) is 3.27. The number of Topliss-reactive ketones (excluding diaryl/α,β-unsaturated/α-hetero) is 1. The highest BCUT2D eigenvalue weighted by atomic mass is 16.7. The van der Waals surface area contributed by atoms with E-state index < -0.39 is 74.0 Å². The Balaban J connectivity index is 1.25. The van der Waals surface area contributed by atoms with E-state index in [1.807, 2.05) is 0 Å². The molecule has 0 bridgehead atoms. The molecule has 14 heteroatoms. The van der Waals surface area contributed by atoms with Crippen LogP contribution in [0.2, 0.25) is 0 Å². The Bertz CT molecular complexity index is 1280. The number of ketones is 1. The summed E-state index contributed by atoms with van der Waals surface area (Å²) in [5, 5.41) is 59.8. The van der Waals surface area contributed by atoms with E-state index in [2.05, 4.69) is 0 Å². The number of rotatable bonds is 8. The van der Waals surface area contributed by atoms with Crippen LogP contribution in [0.15, 0.2) is 42.5 Å². The SMILES string of the molecule is CC(=O)O[C@@]1(CO)CO[C@@H](Oc2ccc3c(c2)O[C@@H](c2ccc(O[C@@H]4O[C@H](CO)[C@@H](O)[C@@H](O)[C@H]4O)cc2)CC3=O)[C@H]1O. The Morgan fingerprint density at radius 1 is 0.952 bits per heavy atom. The zero-order valence-electron chi connectivity index (χ0n) is 22.4. The zero-order valence-corrected chi connectivity index (χ0v) is 22.4. The molecule has 2 saturated heterocycles. The van der Waals surface area contributed by atoms with Crippen molar-refractivity contribution in [2.24, 2.45) is 0 Å². The van der Waals surface area contributed by atoms with Gasteiger partial charge in [-0.25, -0.2) is 0 Å². The highest BCUT2D eigenvalue weighted by molar-refractivity contribution is 6.00. The van der Waals surface area contributed by atoms with Gasteiger partial charge in [-0.2, -0.15) is 0 Å². The van der Waals surface area contributed by atoms with Gasteiger partial charge in [0.15, 0.2) is 17.5 Å². The van der Waals surface area contributed by atoms with Crippen LogP contribution in [0.3, 0.4) is 0 Å². The summed E-state index contributed by atoms with van der Waals surface area (Å²) in [6.07, 6.45) is -10.5. The predicted octanol–water partition coefficient (Wildman–Crippen LogP) is -1.04. The minimum atomic E-state index is -1.67. The smallest absolute Gasteiger partial charge is 0.303 e. The van der Waals surface area contributed by atoms with Gasteiger partial charge >= 0.3 is 5.97 Å². The van der Waals surface area contributed by atoms with E-state index in [-0.39, 0.29) is 36.1 Å². The zero-order chi connectivity index (χ0) is 30.2. The molecule has 2 fully saturated rings. The number of carbonyl (C=O) groups is 2. The molecule has 0 aromatic heterocycles. The van der Waals surface area contributed by atoms with E-state index in [0.29, 0.717) is 11.1 Å². The second kappa shape index (κ2) is 12.1. The first kappa shape index (κ1) is 30.1. The number of aliphatic hydroxyl groups is 6. The molecule has 0 saturated carbocycles. The average molecular weight is 593 g/mol. The number of hydrogen-bond acceptors (Lipinski definition) is 14. The van der Waals surface area contributed by atoms with E-state index >= 15 is 0 Å². The topological polar surface area (TPSA) is 211 Å². The van der Waals surface area contributed by atoms with Crippen LogP contribution in [-0.4, -0.2) is 111 Å². The second-order valence-electron chi connectivity index (χ2n) is 10.3. The molecule has 42 heavy (non-hydrogen) atoms. The molecule has 0 aliphatic carbocycles. The van der Waals surface area contributed by atoms with Crippen LogP contribution in [0.5, 0.6) is 17.2 Å². The fourth-order valence-electron chi connectivity index (χ4n) is 5.05. The molecule has 2 aromatic carbocycles. The quantitative estimate of drug-likeness (QED) is 0.202. The molecule has 3 aliphatic rings. The summed E-state index contributed by atoms with van der Waals surface area (Å²) in [4.78, 5) is 24.3. The van der Waals surface area contributed by atoms with Crippen molar-refractivity contribution in [3.8, 4) is 17.2 Å². The third-order valence-corrected chi connectivity index (χ3v) is 7.40. The van der Waals surface area contributed by atoms with Gasteiger partial charge < -0.3 is 59.1 Å². The molecule has 0 radical (unpaired) electrons. The number of aliphatic hydroxyl groups excluding tert-OH is 6. The molecule has 5 rings (SSSR count). The number of carbonyl (C=O) groups excluding carboxylic acids is 2. The molecule has 0 amide bonds. The predicted molar refractivity (Wildman–Crippen MR) is 138 cm³/mol. The molecular formula is C28H32O14. The van der Waals surface area contributed by atoms with Crippen molar-refractivity contribution in [1.82, 2.24) is 0 Å². The Hall–Kier alpha value is -3.34. The van der Waals surface area contributed by atoms with Crippen LogP contribution in [-0.2, 0) is 19.0 Å². The first-order valence-corrected chi connectivity index (χ1v) is 13.2. The molecule has 9 atom stereocenters. The lowest BCUT2D eigenvalue weighted by Crippen LogP contribution is -2.60. The lowest BCUT2D eigenvalue weighted by Gasteiger charge is -2.39. The lowest BCUT2D eigenvalue weighted by atomic mass is 9.96. The van der Waals surface area contributed by atoms with Gasteiger partial charge in [0, 0.05) is 13.0 Å². The first-order valence-electron chi connectivity index (χ1n) is 13.2. The van der Waals surface area contributed by atoms with Crippen molar-refractivity contribution >= 4 is 11.8 Å². The van der Waals surface area contributed by atoms with E-state index in [0.717, 1.165) is 6.92 Å². The lowest BCUT2D eigenvalue weighted by molar-refractivity contribution is -0.277. The minimum Gasteiger partial charge on any atom is -0.484 e. The Kier molecular flexibility index (Phi) is 8.68. The highest BCUT2D eigenvalue weighted by Crippen LogP contribution is 2.39. The van der Waals surface area contributed by atoms with Gasteiger partial charge in [-0.3, -0.25) is 9.59 Å². The normalized spacial score (nSPS) is 34.3. The fraction of sp³-hybridized carbons (Fsp3) is 0.500. The third-order valence-electron chi connectivity index (χ3n) is 7.40. The molecule has 2 aromatic rings. The number of fused-ring (bicyclic) bond motifs is 1. The standard InChI is InChI=1S/C28H32O14/c1-13(31)42-28(11-30)12-37-27(25(28)36)39-16-6-7-17-18(32)9-19(40-20(17)8-16)14-2-4-15(5-3-14)38-26-24(35)23(34)22(33)21(10-29)41-26/h2-8,19,21-27,29-30,33-36H,9-12H2,1H3/t19-,21-,22-,23-,24-,25-,26-,27+,28+/m1/s1. The van der Waals surface area contributed by atoms with Gasteiger partial charge in [-0.15, -0.1) is 0 Å². The summed E-state index contributed by atoms with van der Waals surface area (Å²) in [5.41, 5.74) is -0.704. The van der Waals surface area contributed by atoms with E-state index in [1.54, 1.807) is 24.3 Å². The van der Waals surface area contributed by atoms with Gasteiger partial charge in [0.2, 0.25) is 12.6 Å². The molecule has 0 spiro atoms. The Morgan fingerprint density at radius 2 is 1.64 bits per heavy atom. The second-order valence-corrected chi connectivity index (χ2v) is 10.3. The van der Waals surface area contributed by atoms with Gasteiger partial charge in [0.1, 0.15) is 47.8 Å². The molecule has 228 valence electrons. The molecule has 14 nitrogen and oxygen atoms in total. The maximum absolute atomic E-state index is 12.9. The van der Waals surface area contributed by atoms with Crippen molar-refractivity contribution < 1.29 is 68.6 Å². The van der Waals surface area contributed by atoms with Crippen LogP contribution in [0.25, 0.3) is 0 Å². The Labute approximate surface area is 239 Å². The van der Waals surface area contributed by atoms with Crippen LogP contribution >= 0.6 is 0 Å². The van der Waals surface area contributed by atoms with Crippen LogP contribution in [0.4, 0.5) is 0 Å². The number of hydrogen-bond donors (Lipinski definition) is 6. The summed E-state index contributed by atoms with van der Waals surface area (Å²) in [6.45, 7) is -0.402. The van der Waals surface area contributed by atoms with Crippen molar-refractivity contribution in [3.05, 3.63) is 53.6 Å². The fourth-order valence-corrected chi connectivity index (χ4v) is 5.05. The highest BCUT2D eigenvalue weighted by Gasteiger charge is 2.53. The Morgan fingerprint density at radius 3 is 2.31 bits per heavy atom. The number of ether oxygens (including phenoxy) is 6. The molecule has 3 aliphatic heterocycles. The van der Waals surface area contributed by atoms with Crippen molar-refractivity contribution in [2.45, 2.75) is 68.1 Å². The summed E-state index contributed by atoms with van der Waals surface area (Å²) in [5.74, 6) is -0.195. The summed E-state index contributed by atoms with van der Waals surface area (Å²) < 4.78 is 33.3. The van der Waals surface area contributed by atoms with Gasteiger partial charge in [-0.05, 0) is 29.8 Å².